The van der Waals surface area contributed by atoms with Gasteiger partial charge in [0.25, 0.3) is 0 Å². The lowest BCUT2D eigenvalue weighted by atomic mass is 10.2. The van der Waals surface area contributed by atoms with Gasteiger partial charge in [-0.2, -0.15) is 0 Å². The van der Waals surface area contributed by atoms with Crippen molar-refractivity contribution >= 4 is 28.5 Å². The predicted octanol–water partition coefficient (Wildman–Crippen LogP) is 4.20. The van der Waals surface area contributed by atoms with Gasteiger partial charge in [0, 0.05) is 16.5 Å². The van der Waals surface area contributed by atoms with Crippen molar-refractivity contribution in [2.75, 3.05) is 11.9 Å². The number of anilines is 1. The number of para-hydroxylation sites is 1. The number of hydrogen-bond donors (Lipinski definition) is 1. The van der Waals surface area contributed by atoms with Crippen LogP contribution in [0.25, 0.3) is 6.08 Å². The summed E-state index contributed by atoms with van der Waals surface area (Å²) in [5.41, 5.74) is 1.83. The van der Waals surface area contributed by atoms with Gasteiger partial charge < -0.3 is 4.74 Å². The molecule has 0 aliphatic carbocycles. The highest BCUT2D eigenvalue weighted by Crippen LogP contribution is 2.22. The standard InChI is InChI=1S/C17H20N2O2S/c1-4-11-21-15-8-6-5-7-14(15)9-10-16(20)19-17-18-12(2)13(3)22-17/h5-10H,4,11H2,1-3H3,(H,18,19,20)/b10-9+. The Balaban J connectivity index is 2.03. The van der Waals surface area contributed by atoms with Gasteiger partial charge in [-0.25, -0.2) is 4.98 Å². The summed E-state index contributed by atoms with van der Waals surface area (Å²) < 4.78 is 5.66. The summed E-state index contributed by atoms with van der Waals surface area (Å²) in [6.07, 6.45) is 4.20. The Hall–Kier alpha value is -2.14. The molecular formula is C17H20N2O2S. The van der Waals surface area contributed by atoms with Gasteiger partial charge in [-0.05, 0) is 32.4 Å². The molecule has 22 heavy (non-hydrogen) atoms. The smallest absolute Gasteiger partial charge is 0.250 e. The fourth-order valence-corrected chi connectivity index (χ4v) is 2.62. The Bertz CT molecular complexity index is 658. The Morgan fingerprint density at radius 1 is 1.36 bits per heavy atom. The number of thiazole rings is 1. The summed E-state index contributed by atoms with van der Waals surface area (Å²) in [6, 6.07) is 7.67. The minimum atomic E-state index is -0.195. The van der Waals surface area contributed by atoms with Crippen LogP contribution >= 0.6 is 11.3 Å². The summed E-state index contributed by atoms with van der Waals surface area (Å²) in [5.74, 6) is 0.591. The van der Waals surface area contributed by atoms with Gasteiger partial charge in [0.05, 0.1) is 12.3 Å². The molecule has 0 fully saturated rings. The third-order valence-electron chi connectivity index (χ3n) is 3.05. The zero-order valence-electron chi connectivity index (χ0n) is 13.1. The molecule has 2 aromatic rings. The molecule has 2 rings (SSSR count). The van der Waals surface area contributed by atoms with Crippen LogP contribution in [0.4, 0.5) is 5.13 Å². The second-order valence-corrected chi connectivity index (χ2v) is 6.07. The van der Waals surface area contributed by atoms with Crippen LogP contribution in [0.1, 0.15) is 29.5 Å². The Morgan fingerprint density at radius 2 is 2.14 bits per heavy atom. The molecule has 0 spiro atoms. The van der Waals surface area contributed by atoms with Crippen molar-refractivity contribution in [2.24, 2.45) is 0 Å². The maximum Gasteiger partial charge on any atom is 0.250 e. The number of carbonyl (C=O) groups excluding carboxylic acids is 1. The van der Waals surface area contributed by atoms with Crippen LogP contribution in [0.5, 0.6) is 5.75 Å². The molecule has 0 atom stereocenters. The van der Waals surface area contributed by atoms with Crippen molar-refractivity contribution < 1.29 is 9.53 Å². The minimum Gasteiger partial charge on any atom is -0.493 e. The quantitative estimate of drug-likeness (QED) is 0.813. The monoisotopic (exact) mass is 316 g/mol. The van der Waals surface area contributed by atoms with Gasteiger partial charge >= 0.3 is 0 Å². The van der Waals surface area contributed by atoms with Crippen LogP contribution in [-0.4, -0.2) is 17.5 Å². The van der Waals surface area contributed by atoms with Gasteiger partial charge in [-0.3, -0.25) is 10.1 Å². The van der Waals surface area contributed by atoms with E-state index >= 15 is 0 Å². The molecule has 4 nitrogen and oxygen atoms in total. The summed E-state index contributed by atoms with van der Waals surface area (Å²) in [4.78, 5) is 17.4. The summed E-state index contributed by atoms with van der Waals surface area (Å²) in [6.45, 7) is 6.64. The first-order valence-corrected chi connectivity index (χ1v) is 8.06. The number of ether oxygens (including phenoxy) is 1. The minimum absolute atomic E-state index is 0.195. The van der Waals surface area contributed by atoms with E-state index in [1.807, 2.05) is 38.1 Å². The first-order valence-electron chi connectivity index (χ1n) is 7.25. The van der Waals surface area contributed by atoms with Gasteiger partial charge in [-0.1, -0.05) is 25.1 Å². The van der Waals surface area contributed by atoms with Gasteiger partial charge in [-0.15, -0.1) is 11.3 Å². The first kappa shape index (κ1) is 16.2. The lowest BCUT2D eigenvalue weighted by Gasteiger charge is -2.07. The van der Waals surface area contributed by atoms with Crippen LogP contribution in [0.15, 0.2) is 30.3 Å². The molecule has 1 aromatic heterocycles. The van der Waals surface area contributed by atoms with Crippen molar-refractivity contribution in [3.8, 4) is 5.75 Å². The molecule has 1 aromatic carbocycles. The lowest BCUT2D eigenvalue weighted by Crippen LogP contribution is -2.07. The molecule has 0 radical (unpaired) electrons. The normalized spacial score (nSPS) is 10.9. The SMILES string of the molecule is CCCOc1ccccc1/C=C/C(=O)Nc1nc(C)c(C)s1. The number of nitrogens with zero attached hydrogens (tertiary/aromatic N) is 1. The molecule has 0 bridgehead atoms. The molecule has 116 valence electrons. The number of aromatic nitrogens is 1. The highest BCUT2D eigenvalue weighted by Gasteiger charge is 2.06. The maximum absolute atomic E-state index is 12.0. The van der Waals surface area contributed by atoms with Gasteiger partial charge in [0.15, 0.2) is 5.13 Å². The van der Waals surface area contributed by atoms with Crippen molar-refractivity contribution in [3.63, 3.8) is 0 Å². The van der Waals surface area contributed by atoms with Crippen molar-refractivity contribution in [3.05, 3.63) is 46.5 Å². The van der Waals surface area contributed by atoms with Crippen molar-refractivity contribution in [1.82, 2.24) is 4.98 Å². The topological polar surface area (TPSA) is 51.2 Å². The number of aryl methyl sites for hydroxylation is 2. The van der Waals surface area contributed by atoms with Gasteiger partial charge in [0.1, 0.15) is 5.75 Å². The Labute approximate surface area is 134 Å². The maximum atomic E-state index is 12.0. The predicted molar refractivity (Wildman–Crippen MR) is 91.5 cm³/mol. The van der Waals surface area contributed by atoms with E-state index in [2.05, 4.69) is 17.2 Å². The molecule has 0 unspecified atom stereocenters. The van der Waals surface area contributed by atoms with E-state index in [4.69, 9.17) is 4.74 Å². The molecule has 0 aliphatic heterocycles. The second kappa shape index (κ2) is 7.75. The summed E-state index contributed by atoms with van der Waals surface area (Å²) >= 11 is 1.48. The largest absolute Gasteiger partial charge is 0.493 e. The van der Waals surface area contributed by atoms with E-state index in [0.717, 1.165) is 28.3 Å². The van der Waals surface area contributed by atoms with Crippen LogP contribution < -0.4 is 10.1 Å². The third-order valence-corrected chi connectivity index (χ3v) is 4.04. The van der Waals surface area contributed by atoms with E-state index in [1.165, 1.54) is 17.4 Å². The van der Waals surface area contributed by atoms with Crippen molar-refractivity contribution in [1.29, 1.82) is 0 Å². The molecule has 0 saturated heterocycles. The van der Waals surface area contributed by atoms with E-state index < -0.39 is 0 Å². The number of rotatable bonds is 6. The number of amides is 1. The molecule has 5 heteroatoms. The Kier molecular flexibility index (Phi) is 5.72. The number of hydrogen-bond acceptors (Lipinski definition) is 4. The van der Waals surface area contributed by atoms with E-state index in [0.29, 0.717) is 11.7 Å². The zero-order chi connectivity index (χ0) is 15.9. The summed E-state index contributed by atoms with van der Waals surface area (Å²) in [5, 5.41) is 3.40. The molecule has 1 heterocycles. The highest BCUT2D eigenvalue weighted by atomic mass is 32.1. The number of benzene rings is 1. The van der Waals surface area contributed by atoms with Crippen LogP contribution in [0.2, 0.25) is 0 Å². The number of carbonyl (C=O) groups is 1. The van der Waals surface area contributed by atoms with E-state index in [1.54, 1.807) is 6.08 Å². The lowest BCUT2D eigenvalue weighted by molar-refractivity contribution is -0.111. The molecule has 1 amide bonds. The van der Waals surface area contributed by atoms with Crippen molar-refractivity contribution in [2.45, 2.75) is 27.2 Å². The molecule has 0 aliphatic rings. The summed E-state index contributed by atoms with van der Waals surface area (Å²) in [7, 11) is 0. The average Bonchev–Trinajstić information content (AvgIpc) is 2.81. The zero-order valence-corrected chi connectivity index (χ0v) is 13.9. The highest BCUT2D eigenvalue weighted by molar-refractivity contribution is 7.15. The first-order chi connectivity index (χ1) is 10.6. The molecular weight excluding hydrogens is 296 g/mol. The van der Waals surface area contributed by atoms with Gasteiger partial charge in [0.2, 0.25) is 5.91 Å². The van der Waals surface area contributed by atoms with E-state index in [-0.39, 0.29) is 5.91 Å². The Morgan fingerprint density at radius 3 is 2.82 bits per heavy atom. The van der Waals surface area contributed by atoms with Crippen LogP contribution in [0.3, 0.4) is 0 Å². The fraction of sp³-hybridized carbons (Fsp3) is 0.294. The average molecular weight is 316 g/mol. The van der Waals surface area contributed by atoms with Crippen LogP contribution in [0, 0.1) is 13.8 Å². The molecule has 0 saturated carbocycles. The number of nitrogens with one attached hydrogen (secondary N) is 1. The van der Waals surface area contributed by atoms with E-state index in [9.17, 15) is 4.79 Å². The fourth-order valence-electron chi connectivity index (χ4n) is 1.80. The van der Waals surface area contributed by atoms with Crippen LogP contribution in [-0.2, 0) is 4.79 Å². The molecule has 1 N–H and O–H groups in total. The second-order valence-electron chi connectivity index (χ2n) is 4.87. The third kappa shape index (κ3) is 4.43.